The number of fused-ring (bicyclic) bond motifs is 1. The molecule has 4 rings (SSSR count). The Morgan fingerprint density at radius 2 is 1.92 bits per heavy atom. The number of thiophene rings is 1. The second kappa shape index (κ2) is 10.4. The number of alkyl halides is 3. The number of halogens is 5. The van der Waals surface area contributed by atoms with Gasteiger partial charge in [0.1, 0.15) is 6.33 Å². The average molecular weight is 558 g/mol. The number of aromatic nitrogens is 3. The van der Waals surface area contributed by atoms with Gasteiger partial charge in [-0.25, -0.2) is 19.1 Å². The third-order valence-corrected chi connectivity index (χ3v) is 6.50. The van der Waals surface area contributed by atoms with E-state index in [2.05, 4.69) is 9.94 Å². The van der Waals surface area contributed by atoms with E-state index < -0.39 is 48.6 Å². The Bertz CT molecular complexity index is 1470. The van der Waals surface area contributed by atoms with Gasteiger partial charge in [0, 0.05) is 30.6 Å². The molecule has 38 heavy (non-hydrogen) atoms. The number of urea groups is 1. The van der Waals surface area contributed by atoms with E-state index >= 15 is 0 Å². The topological polar surface area (TPSA) is 116 Å². The Labute approximate surface area is 214 Å². The number of carbonyl (C=O) groups excluding carboxylic acids is 2. The lowest BCUT2D eigenvalue weighted by molar-refractivity contribution is -0.200. The fourth-order valence-corrected chi connectivity index (χ4v) is 4.54. The van der Waals surface area contributed by atoms with Crippen molar-refractivity contribution in [2.75, 3.05) is 18.7 Å². The van der Waals surface area contributed by atoms with Crippen molar-refractivity contribution in [2.45, 2.75) is 25.8 Å². The number of hydrogen-bond acceptors (Lipinski definition) is 7. The van der Waals surface area contributed by atoms with Crippen LogP contribution in [-0.2, 0) is 29.3 Å². The van der Waals surface area contributed by atoms with Gasteiger partial charge in [-0.1, -0.05) is 6.07 Å². The maximum absolute atomic E-state index is 12.9. The van der Waals surface area contributed by atoms with Gasteiger partial charge >= 0.3 is 23.9 Å². The third kappa shape index (κ3) is 5.45. The molecule has 1 aliphatic rings. The number of anilines is 1. The van der Waals surface area contributed by atoms with E-state index in [1.807, 2.05) is 0 Å². The average Bonchev–Trinajstić information content (AvgIpc) is 3.46. The number of nitrogens with two attached hydrogens (primary N) is 1. The molecule has 2 amide bonds. The van der Waals surface area contributed by atoms with Gasteiger partial charge in [-0.05, 0) is 40.3 Å². The molecule has 0 spiro atoms. The molecule has 0 bridgehead atoms. The summed E-state index contributed by atoms with van der Waals surface area (Å²) in [5.41, 5.74) is 6.11. The predicted octanol–water partition coefficient (Wildman–Crippen LogP) is 3.32. The van der Waals surface area contributed by atoms with Crippen molar-refractivity contribution in [3.63, 3.8) is 0 Å². The van der Waals surface area contributed by atoms with Gasteiger partial charge in [-0.3, -0.25) is 4.57 Å². The predicted molar refractivity (Wildman–Crippen MR) is 125 cm³/mol. The molecule has 0 aliphatic carbocycles. The smallest absolute Gasteiger partial charge is 0.327 e. The van der Waals surface area contributed by atoms with Crippen molar-refractivity contribution in [1.82, 2.24) is 19.2 Å². The van der Waals surface area contributed by atoms with Crippen molar-refractivity contribution >= 4 is 29.0 Å². The maximum Gasteiger partial charge on any atom is 0.493 e. The molecule has 0 saturated carbocycles. The Hall–Kier alpha value is -4.05. The monoisotopic (exact) mass is 558 g/mol. The van der Waals surface area contributed by atoms with Crippen LogP contribution in [0.1, 0.15) is 10.4 Å². The molecule has 16 heteroatoms. The first-order valence-electron chi connectivity index (χ1n) is 10.8. The Morgan fingerprint density at radius 3 is 2.58 bits per heavy atom. The summed E-state index contributed by atoms with van der Waals surface area (Å²) in [5.74, 6) is -2.53. The van der Waals surface area contributed by atoms with Gasteiger partial charge in [0.05, 0.1) is 18.8 Å². The molecule has 0 radical (unpaired) electrons. The molecule has 1 aromatic carbocycles. The Balaban J connectivity index is 1.55. The molecule has 0 unspecified atom stereocenters. The van der Waals surface area contributed by atoms with Crippen LogP contribution in [0.25, 0.3) is 11.1 Å². The summed E-state index contributed by atoms with van der Waals surface area (Å²) in [4.78, 5) is 42.4. The molecule has 3 heterocycles. The van der Waals surface area contributed by atoms with Crippen LogP contribution in [0.5, 0.6) is 0 Å². The van der Waals surface area contributed by atoms with Crippen LogP contribution in [0.15, 0.2) is 52.4 Å². The summed E-state index contributed by atoms with van der Waals surface area (Å²) in [5, 5.41) is 5.95. The van der Waals surface area contributed by atoms with Gasteiger partial charge in [-0.15, -0.1) is 16.4 Å². The number of carbonyl (C=O) groups is 2. The molecule has 202 valence electrons. The lowest BCUT2D eigenvalue weighted by atomic mass is 10.0. The molecule has 10 nitrogen and oxygen atoms in total. The molecule has 2 aromatic heterocycles. The standard InChI is InChI=1S/C22H19F5N6O4S/c1-30-7-13-4-12(2-3-17(13)33(20(30)35)37-19(34)22(25,26)27)14-5-16(38-10-14)9-31-11-29-32(21(31)36)8-15(6-28)18(23)24/h2-5,10-11H,6-9,28H2,1H3. The van der Waals surface area contributed by atoms with Gasteiger partial charge in [0.2, 0.25) is 0 Å². The molecular weight excluding hydrogens is 539 g/mol. The van der Waals surface area contributed by atoms with Gasteiger partial charge in [0.15, 0.2) is 0 Å². The van der Waals surface area contributed by atoms with E-state index in [0.29, 0.717) is 16.2 Å². The van der Waals surface area contributed by atoms with Crippen molar-refractivity contribution < 1.29 is 36.4 Å². The Morgan fingerprint density at radius 1 is 1.18 bits per heavy atom. The first-order chi connectivity index (χ1) is 17.9. The van der Waals surface area contributed by atoms with Crippen LogP contribution in [0.2, 0.25) is 0 Å². The maximum atomic E-state index is 12.9. The number of hydroxylamine groups is 1. The van der Waals surface area contributed by atoms with Gasteiger partial charge < -0.3 is 15.5 Å². The van der Waals surface area contributed by atoms with Crippen LogP contribution in [0, 0.1) is 0 Å². The summed E-state index contributed by atoms with van der Waals surface area (Å²) >= 11 is 1.32. The van der Waals surface area contributed by atoms with E-state index in [1.54, 1.807) is 23.6 Å². The highest BCUT2D eigenvalue weighted by Gasteiger charge is 2.45. The van der Waals surface area contributed by atoms with Crippen LogP contribution in [0.4, 0.5) is 32.4 Å². The molecule has 0 saturated heterocycles. The second-order valence-electron chi connectivity index (χ2n) is 8.22. The minimum absolute atomic E-state index is 0.000478. The van der Waals surface area contributed by atoms with Crippen molar-refractivity contribution in [3.05, 3.63) is 68.6 Å². The first-order valence-corrected chi connectivity index (χ1v) is 11.7. The van der Waals surface area contributed by atoms with Crippen LogP contribution in [-0.4, -0.2) is 51.0 Å². The van der Waals surface area contributed by atoms with E-state index in [0.717, 1.165) is 20.0 Å². The highest BCUT2D eigenvalue weighted by molar-refractivity contribution is 7.10. The minimum atomic E-state index is -5.28. The highest BCUT2D eigenvalue weighted by atomic mass is 32.1. The first kappa shape index (κ1) is 27.0. The lowest BCUT2D eigenvalue weighted by Crippen LogP contribution is -2.48. The van der Waals surface area contributed by atoms with E-state index in [-0.39, 0.29) is 18.8 Å². The van der Waals surface area contributed by atoms with E-state index in [4.69, 9.17) is 5.73 Å². The minimum Gasteiger partial charge on any atom is -0.327 e. The zero-order valence-corrected chi connectivity index (χ0v) is 20.4. The normalized spacial score (nSPS) is 13.5. The van der Waals surface area contributed by atoms with Crippen molar-refractivity contribution in [2.24, 2.45) is 5.73 Å². The molecule has 3 aromatic rings. The molecular formula is C22H19F5N6O4S. The van der Waals surface area contributed by atoms with Crippen molar-refractivity contribution in [1.29, 1.82) is 0 Å². The fraction of sp³-hybridized carbons (Fsp3) is 0.273. The van der Waals surface area contributed by atoms with Gasteiger partial charge in [0.25, 0.3) is 6.08 Å². The number of benzene rings is 1. The second-order valence-corrected chi connectivity index (χ2v) is 9.22. The summed E-state index contributed by atoms with van der Waals surface area (Å²) in [6.07, 6.45) is -6.01. The van der Waals surface area contributed by atoms with E-state index in [9.17, 15) is 36.3 Å². The zero-order valence-electron chi connectivity index (χ0n) is 19.5. The van der Waals surface area contributed by atoms with E-state index in [1.165, 1.54) is 35.3 Å². The van der Waals surface area contributed by atoms with Crippen LogP contribution < -0.4 is 16.5 Å². The fourth-order valence-electron chi connectivity index (χ4n) is 3.65. The SMILES string of the molecule is CN1Cc2cc(-c3csc(Cn4cnn(CC(CN)=C(F)F)c4=O)c3)ccc2N(OC(=O)C(F)(F)F)C1=O. The largest absolute Gasteiger partial charge is 0.493 e. The number of nitrogens with zero attached hydrogens (tertiary/aromatic N) is 5. The highest BCUT2D eigenvalue weighted by Crippen LogP contribution is 2.35. The summed E-state index contributed by atoms with van der Waals surface area (Å²) in [6, 6.07) is 5.41. The third-order valence-electron chi connectivity index (χ3n) is 5.58. The molecule has 2 N–H and O–H groups in total. The van der Waals surface area contributed by atoms with Crippen molar-refractivity contribution in [3.8, 4) is 11.1 Å². The molecule has 0 fully saturated rings. The summed E-state index contributed by atoms with van der Waals surface area (Å²) < 4.78 is 65.9. The van der Waals surface area contributed by atoms with Crippen LogP contribution >= 0.6 is 11.3 Å². The zero-order chi connectivity index (χ0) is 27.8. The Kier molecular flexibility index (Phi) is 7.37. The number of hydrogen-bond donors (Lipinski definition) is 1. The summed E-state index contributed by atoms with van der Waals surface area (Å²) in [7, 11) is 1.35. The quantitative estimate of drug-likeness (QED) is 0.445. The molecule has 1 aliphatic heterocycles. The number of rotatable bonds is 7. The lowest BCUT2D eigenvalue weighted by Gasteiger charge is -2.33. The van der Waals surface area contributed by atoms with Gasteiger partial charge in [-0.2, -0.15) is 27.1 Å². The number of amides is 2. The van der Waals surface area contributed by atoms with Crippen LogP contribution in [0.3, 0.4) is 0 Å². The molecule has 0 atom stereocenters. The summed E-state index contributed by atoms with van der Waals surface area (Å²) in [6.45, 7) is -0.663.